The molecule has 4 rings (SSSR count). The molecule has 6 nitrogen and oxygen atoms in total. The molecular formula is C25H23N3O3S. The Labute approximate surface area is 190 Å². The molecule has 0 spiro atoms. The van der Waals surface area contributed by atoms with Crippen LogP contribution < -0.4 is 10.6 Å². The minimum absolute atomic E-state index is 0.0328. The summed E-state index contributed by atoms with van der Waals surface area (Å²) in [6, 6.07) is 22.4. The summed E-state index contributed by atoms with van der Waals surface area (Å²) in [5.41, 5.74) is 4.89. The Kier molecular flexibility index (Phi) is 6.56. The predicted octanol–water partition coefficient (Wildman–Crippen LogP) is 5.57. The van der Waals surface area contributed by atoms with E-state index < -0.39 is 5.25 Å². The van der Waals surface area contributed by atoms with Gasteiger partial charge in [-0.1, -0.05) is 59.3 Å². The van der Waals surface area contributed by atoms with E-state index in [2.05, 4.69) is 15.6 Å². The second-order valence-corrected chi connectivity index (χ2v) is 8.68. The normalized spacial score (nSPS) is 11.8. The Hall–Kier alpha value is -3.58. The van der Waals surface area contributed by atoms with Gasteiger partial charge in [-0.2, -0.15) is 0 Å². The number of nitrogens with zero attached hydrogens (tertiary/aromatic N) is 1. The maximum Gasteiger partial charge on any atom is 0.257 e. The largest absolute Gasteiger partial charge is 0.431 e. The zero-order valence-electron chi connectivity index (χ0n) is 17.8. The highest BCUT2D eigenvalue weighted by molar-refractivity contribution is 8.00. The molecule has 2 amide bonds. The maximum atomic E-state index is 13.1. The smallest absolute Gasteiger partial charge is 0.257 e. The van der Waals surface area contributed by atoms with Gasteiger partial charge in [0.25, 0.3) is 5.22 Å². The molecule has 0 aliphatic carbocycles. The quantitative estimate of drug-likeness (QED) is 0.363. The number of fused-ring (bicyclic) bond motifs is 1. The van der Waals surface area contributed by atoms with Gasteiger partial charge in [0.05, 0.1) is 0 Å². The minimum Gasteiger partial charge on any atom is -0.431 e. The summed E-state index contributed by atoms with van der Waals surface area (Å²) in [7, 11) is 0. The first kappa shape index (κ1) is 21.6. The van der Waals surface area contributed by atoms with Gasteiger partial charge in [-0.3, -0.25) is 9.59 Å². The lowest BCUT2D eigenvalue weighted by Crippen LogP contribution is -2.29. The first-order valence-corrected chi connectivity index (χ1v) is 11.1. The summed E-state index contributed by atoms with van der Waals surface area (Å²) in [4.78, 5) is 30.2. The fourth-order valence-corrected chi connectivity index (χ4v) is 4.02. The predicted molar refractivity (Wildman–Crippen MR) is 128 cm³/mol. The van der Waals surface area contributed by atoms with Crippen molar-refractivity contribution in [3.8, 4) is 0 Å². The second-order valence-electron chi connectivity index (χ2n) is 7.53. The summed E-state index contributed by atoms with van der Waals surface area (Å²) in [5.74, 6) is -0.554. The lowest BCUT2D eigenvalue weighted by molar-refractivity contribution is -0.120. The molecule has 0 fully saturated rings. The van der Waals surface area contributed by atoms with Crippen LogP contribution in [0.5, 0.6) is 0 Å². The van der Waals surface area contributed by atoms with E-state index in [1.807, 2.05) is 86.6 Å². The first-order valence-electron chi connectivity index (χ1n) is 10.2. The van der Waals surface area contributed by atoms with Crippen LogP contribution in [0.15, 0.2) is 82.4 Å². The number of benzene rings is 3. The van der Waals surface area contributed by atoms with Gasteiger partial charge in [0.2, 0.25) is 11.8 Å². The number of anilines is 2. The third-order valence-corrected chi connectivity index (χ3v) is 5.88. The van der Waals surface area contributed by atoms with Crippen molar-refractivity contribution >= 4 is 46.1 Å². The van der Waals surface area contributed by atoms with E-state index in [0.717, 1.165) is 22.9 Å². The van der Waals surface area contributed by atoms with E-state index in [0.29, 0.717) is 27.7 Å². The number of carbonyl (C=O) groups is 2. The molecule has 162 valence electrons. The Morgan fingerprint density at radius 2 is 1.47 bits per heavy atom. The van der Waals surface area contributed by atoms with Crippen molar-refractivity contribution in [1.29, 1.82) is 0 Å². The van der Waals surface area contributed by atoms with Crippen LogP contribution in [-0.2, 0) is 9.59 Å². The molecule has 0 bridgehead atoms. The van der Waals surface area contributed by atoms with Crippen LogP contribution in [0.1, 0.15) is 17.5 Å². The average Bonchev–Trinajstić information content (AvgIpc) is 3.19. The van der Waals surface area contributed by atoms with Gasteiger partial charge >= 0.3 is 0 Å². The third kappa shape index (κ3) is 5.56. The van der Waals surface area contributed by atoms with Crippen molar-refractivity contribution in [3.63, 3.8) is 0 Å². The van der Waals surface area contributed by atoms with Crippen LogP contribution >= 0.6 is 11.8 Å². The standard InChI is InChI=1S/C25H23N3O3S/c1-16-7-11-18(12-8-16)26-23(29)15-22(24(30)27-19-13-9-17(2)10-14-19)32-25-28-20-5-3-4-6-21(20)31-25/h3-14,22H,15H2,1-2H3,(H,26,29)(H,27,30). The van der Waals surface area contributed by atoms with Gasteiger partial charge in [0.1, 0.15) is 10.8 Å². The molecule has 0 saturated carbocycles. The Bertz CT molecular complexity index is 1200. The second kappa shape index (κ2) is 9.70. The maximum absolute atomic E-state index is 13.1. The Morgan fingerprint density at radius 1 is 0.875 bits per heavy atom. The molecular weight excluding hydrogens is 422 g/mol. The van der Waals surface area contributed by atoms with Gasteiger partial charge < -0.3 is 15.1 Å². The molecule has 7 heteroatoms. The zero-order chi connectivity index (χ0) is 22.5. The van der Waals surface area contributed by atoms with Gasteiger partial charge in [-0.15, -0.1) is 0 Å². The van der Waals surface area contributed by atoms with Crippen LogP contribution in [0.2, 0.25) is 0 Å². The van der Waals surface area contributed by atoms with Crippen molar-refractivity contribution < 1.29 is 14.0 Å². The average molecular weight is 446 g/mol. The number of hydrogen-bond donors (Lipinski definition) is 2. The number of aryl methyl sites for hydroxylation is 2. The fraction of sp³-hybridized carbons (Fsp3) is 0.160. The van der Waals surface area contributed by atoms with Crippen molar-refractivity contribution in [2.75, 3.05) is 10.6 Å². The van der Waals surface area contributed by atoms with Crippen LogP contribution in [0.3, 0.4) is 0 Å². The summed E-state index contributed by atoms with van der Waals surface area (Å²) in [6.07, 6.45) is -0.0328. The first-order chi connectivity index (χ1) is 15.5. The number of carbonyl (C=O) groups excluding carboxylic acids is 2. The lowest BCUT2D eigenvalue weighted by atomic mass is 10.2. The molecule has 1 aromatic heterocycles. The SMILES string of the molecule is Cc1ccc(NC(=O)CC(Sc2nc3ccccc3o2)C(=O)Nc2ccc(C)cc2)cc1. The van der Waals surface area contributed by atoms with Crippen molar-refractivity contribution in [2.45, 2.75) is 30.7 Å². The van der Waals surface area contributed by atoms with Crippen LogP contribution in [0.25, 0.3) is 11.1 Å². The number of rotatable bonds is 7. The Morgan fingerprint density at radius 3 is 2.09 bits per heavy atom. The van der Waals surface area contributed by atoms with E-state index in [1.54, 1.807) is 0 Å². The summed E-state index contributed by atoms with van der Waals surface area (Å²) >= 11 is 1.14. The molecule has 1 unspecified atom stereocenters. The highest BCUT2D eigenvalue weighted by Crippen LogP contribution is 2.29. The van der Waals surface area contributed by atoms with Gasteiger partial charge in [-0.05, 0) is 50.2 Å². The molecule has 1 atom stereocenters. The van der Waals surface area contributed by atoms with E-state index >= 15 is 0 Å². The molecule has 1 heterocycles. The molecule has 3 aromatic carbocycles. The Balaban J connectivity index is 1.51. The molecule has 0 radical (unpaired) electrons. The van der Waals surface area contributed by atoms with Crippen LogP contribution in [0.4, 0.5) is 11.4 Å². The van der Waals surface area contributed by atoms with E-state index in [1.165, 1.54) is 0 Å². The number of hydrogen-bond acceptors (Lipinski definition) is 5. The number of para-hydroxylation sites is 2. The summed E-state index contributed by atoms with van der Waals surface area (Å²) in [5, 5.41) is 5.36. The van der Waals surface area contributed by atoms with Gasteiger partial charge in [0.15, 0.2) is 5.58 Å². The van der Waals surface area contributed by atoms with E-state index in [9.17, 15) is 9.59 Å². The molecule has 0 aliphatic rings. The summed E-state index contributed by atoms with van der Waals surface area (Å²) in [6.45, 7) is 3.96. The number of nitrogens with one attached hydrogen (secondary N) is 2. The highest BCUT2D eigenvalue weighted by Gasteiger charge is 2.26. The van der Waals surface area contributed by atoms with Crippen molar-refractivity contribution in [3.05, 3.63) is 83.9 Å². The fourth-order valence-electron chi connectivity index (χ4n) is 3.09. The molecule has 0 saturated heterocycles. The third-order valence-electron chi connectivity index (χ3n) is 4.83. The van der Waals surface area contributed by atoms with E-state index in [-0.39, 0.29) is 18.2 Å². The molecule has 2 N–H and O–H groups in total. The molecule has 32 heavy (non-hydrogen) atoms. The number of oxazole rings is 1. The number of amides is 2. The van der Waals surface area contributed by atoms with Gasteiger partial charge in [0, 0.05) is 17.8 Å². The van der Waals surface area contributed by atoms with Crippen LogP contribution in [-0.4, -0.2) is 22.0 Å². The highest BCUT2D eigenvalue weighted by atomic mass is 32.2. The zero-order valence-corrected chi connectivity index (χ0v) is 18.6. The van der Waals surface area contributed by atoms with E-state index in [4.69, 9.17) is 4.42 Å². The van der Waals surface area contributed by atoms with Crippen molar-refractivity contribution in [1.82, 2.24) is 4.98 Å². The lowest BCUT2D eigenvalue weighted by Gasteiger charge is -2.15. The number of thioether (sulfide) groups is 1. The monoisotopic (exact) mass is 445 g/mol. The van der Waals surface area contributed by atoms with Gasteiger partial charge in [-0.25, -0.2) is 4.98 Å². The minimum atomic E-state index is -0.727. The number of aromatic nitrogens is 1. The van der Waals surface area contributed by atoms with Crippen molar-refractivity contribution in [2.24, 2.45) is 0 Å². The molecule has 0 aliphatic heterocycles. The topological polar surface area (TPSA) is 84.2 Å². The van der Waals surface area contributed by atoms with Crippen LogP contribution in [0, 0.1) is 13.8 Å². The molecule has 4 aromatic rings. The summed E-state index contributed by atoms with van der Waals surface area (Å²) < 4.78 is 5.77.